The van der Waals surface area contributed by atoms with Crippen LogP contribution < -0.4 is 5.32 Å². The van der Waals surface area contributed by atoms with Crippen molar-refractivity contribution in [3.63, 3.8) is 0 Å². The van der Waals surface area contributed by atoms with Crippen LogP contribution >= 0.6 is 0 Å². The molecular weight excluding hydrogens is 321 g/mol. The van der Waals surface area contributed by atoms with Crippen LogP contribution in [0.5, 0.6) is 0 Å². The quantitative estimate of drug-likeness (QED) is 0.771. The van der Waals surface area contributed by atoms with Gasteiger partial charge in [-0.05, 0) is 30.0 Å². The highest BCUT2D eigenvalue weighted by Gasteiger charge is 2.44. The Bertz CT molecular complexity index is 944. The summed E-state index contributed by atoms with van der Waals surface area (Å²) in [5, 5.41) is 7.13. The van der Waals surface area contributed by atoms with E-state index < -0.39 is 0 Å². The number of carbonyl (C=O) groups is 1. The van der Waals surface area contributed by atoms with Crippen LogP contribution in [-0.2, 0) is 25.3 Å². The van der Waals surface area contributed by atoms with Crippen molar-refractivity contribution in [2.24, 2.45) is 20.0 Å². The molecule has 1 amide bonds. The van der Waals surface area contributed by atoms with Crippen LogP contribution in [0.2, 0.25) is 0 Å². The van der Waals surface area contributed by atoms with Crippen molar-refractivity contribution in [1.29, 1.82) is 0 Å². The molecule has 0 saturated heterocycles. The lowest BCUT2D eigenvalue weighted by atomic mass is 10.2. The van der Waals surface area contributed by atoms with E-state index in [1.54, 1.807) is 10.7 Å². The highest BCUT2D eigenvalue weighted by atomic mass is 19.1. The van der Waals surface area contributed by atoms with Gasteiger partial charge in [-0.2, -0.15) is 5.10 Å². The van der Waals surface area contributed by atoms with Gasteiger partial charge in [-0.25, -0.2) is 9.37 Å². The van der Waals surface area contributed by atoms with E-state index in [9.17, 15) is 9.18 Å². The standard InChI is InChI=1S/C18H20FN5O/c1-23-10-11(9-21-23)12-8-13(12)18(25)20-7-6-16-22-17-14(19)4-3-5-15(17)24(16)2/h3-5,9-10,12-13H,6-8H2,1-2H3,(H,20,25)/t12-,13+/m0/s1. The first-order chi connectivity index (χ1) is 12.0. The molecule has 0 radical (unpaired) electrons. The first-order valence-corrected chi connectivity index (χ1v) is 8.40. The topological polar surface area (TPSA) is 64.7 Å². The molecule has 1 saturated carbocycles. The van der Waals surface area contributed by atoms with E-state index in [0.29, 0.717) is 18.5 Å². The second-order valence-electron chi connectivity index (χ2n) is 6.63. The number of benzene rings is 1. The molecule has 2 heterocycles. The Morgan fingerprint density at radius 1 is 1.40 bits per heavy atom. The monoisotopic (exact) mass is 341 g/mol. The Morgan fingerprint density at radius 2 is 2.24 bits per heavy atom. The van der Waals surface area contributed by atoms with E-state index in [1.807, 2.05) is 37.1 Å². The molecule has 1 aliphatic carbocycles. The third-order valence-electron chi connectivity index (χ3n) is 4.88. The zero-order valence-electron chi connectivity index (χ0n) is 14.2. The third-order valence-corrected chi connectivity index (χ3v) is 4.88. The summed E-state index contributed by atoms with van der Waals surface area (Å²) in [4.78, 5) is 16.6. The fourth-order valence-electron chi connectivity index (χ4n) is 3.37. The average molecular weight is 341 g/mol. The summed E-state index contributed by atoms with van der Waals surface area (Å²) < 4.78 is 17.4. The second kappa shape index (κ2) is 5.98. The molecule has 0 aliphatic heterocycles. The van der Waals surface area contributed by atoms with E-state index in [1.165, 1.54) is 6.07 Å². The maximum absolute atomic E-state index is 13.8. The SMILES string of the molecule is Cn1cc([C@@H]2C[C@H]2C(=O)NCCc2nc3c(F)cccc3n2C)cn1. The van der Waals surface area contributed by atoms with Gasteiger partial charge < -0.3 is 9.88 Å². The molecule has 25 heavy (non-hydrogen) atoms. The van der Waals surface area contributed by atoms with Crippen LogP contribution in [0.4, 0.5) is 4.39 Å². The first-order valence-electron chi connectivity index (χ1n) is 8.40. The van der Waals surface area contributed by atoms with Gasteiger partial charge >= 0.3 is 0 Å². The smallest absolute Gasteiger partial charge is 0.223 e. The lowest BCUT2D eigenvalue weighted by Crippen LogP contribution is -2.28. The molecular formula is C18H20FN5O. The number of amides is 1. The summed E-state index contributed by atoms with van der Waals surface area (Å²) in [7, 11) is 3.74. The van der Waals surface area contributed by atoms with Crippen molar-refractivity contribution >= 4 is 16.9 Å². The number of rotatable bonds is 5. The molecule has 4 rings (SSSR count). The van der Waals surface area contributed by atoms with E-state index in [4.69, 9.17) is 0 Å². The number of hydrogen-bond acceptors (Lipinski definition) is 3. The van der Waals surface area contributed by atoms with Gasteiger partial charge in [0.1, 0.15) is 11.3 Å². The molecule has 1 aliphatic rings. The fourth-order valence-corrected chi connectivity index (χ4v) is 3.37. The first kappa shape index (κ1) is 15.8. The van der Waals surface area contributed by atoms with Gasteiger partial charge in [-0.15, -0.1) is 0 Å². The highest BCUT2D eigenvalue weighted by molar-refractivity contribution is 5.82. The Hall–Kier alpha value is -2.70. The van der Waals surface area contributed by atoms with Gasteiger partial charge in [0.15, 0.2) is 5.82 Å². The summed E-state index contributed by atoms with van der Waals surface area (Å²) >= 11 is 0. The highest BCUT2D eigenvalue weighted by Crippen LogP contribution is 2.47. The number of nitrogens with one attached hydrogen (secondary N) is 1. The molecule has 3 aromatic rings. The molecule has 0 spiro atoms. The number of imidazole rings is 1. The van der Waals surface area contributed by atoms with Crippen LogP contribution in [-0.4, -0.2) is 31.8 Å². The van der Waals surface area contributed by atoms with Crippen molar-refractivity contribution in [2.75, 3.05) is 6.54 Å². The lowest BCUT2D eigenvalue weighted by Gasteiger charge is -2.05. The lowest BCUT2D eigenvalue weighted by molar-refractivity contribution is -0.122. The van der Waals surface area contributed by atoms with Crippen molar-refractivity contribution in [3.8, 4) is 0 Å². The molecule has 0 bridgehead atoms. The van der Waals surface area contributed by atoms with Gasteiger partial charge in [0, 0.05) is 39.2 Å². The van der Waals surface area contributed by atoms with E-state index in [2.05, 4.69) is 15.4 Å². The summed E-state index contributed by atoms with van der Waals surface area (Å²) in [6, 6.07) is 4.93. The van der Waals surface area contributed by atoms with Crippen LogP contribution in [0.25, 0.3) is 11.0 Å². The van der Waals surface area contributed by atoms with E-state index in [0.717, 1.165) is 23.3 Å². The largest absolute Gasteiger partial charge is 0.355 e. The molecule has 7 heteroatoms. The molecule has 0 unspecified atom stereocenters. The zero-order valence-corrected chi connectivity index (χ0v) is 14.2. The number of fused-ring (bicyclic) bond motifs is 1. The maximum Gasteiger partial charge on any atom is 0.223 e. The predicted octanol–water partition coefficient (Wildman–Crippen LogP) is 1.91. The van der Waals surface area contributed by atoms with Crippen molar-refractivity contribution in [3.05, 3.63) is 47.8 Å². The summed E-state index contributed by atoms with van der Waals surface area (Å²) in [6.45, 7) is 0.494. The minimum absolute atomic E-state index is 0.0297. The zero-order chi connectivity index (χ0) is 17.6. The predicted molar refractivity (Wildman–Crippen MR) is 91.4 cm³/mol. The Balaban J connectivity index is 1.35. The Labute approximate surface area is 144 Å². The second-order valence-corrected chi connectivity index (χ2v) is 6.63. The summed E-state index contributed by atoms with van der Waals surface area (Å²) in [5.41, 5.74) is 2.26. The minimum atomic E-state index is -0.319. The number of nitrogens with zero attached hydrogens (tertiary/aromatic N) is 4. The number of hydrogen-bond donors (Lipinski definition) is 1. The molecule has 2 aromatic heterocycles. The molecule has 130 valence electrons. The van der Waals surface area contributed by atoms with Gasteiger partial charge in [0.05, 0.1) is 11.7 Å². The van der Waals surface area contributed by atoms with Crippen molar-refractivity contribution < 1.29 is 9.18 Å². The Morgan fingerprint density at radius 3 is 2.96 bits per heavy atom. The number of halogens is 1. The van der Waals surface area contributed by atoms with Gasteiger partial charge in [0.25, 0.3) is 0 Å². The fraction of sp³-hybridized carbons (Fsp3) is 0.389. The number of para-hydroxylation sites is 1. The summed E-state index contributed by atoms with van der Waals surface area (Å²) in [5.74, 6) is 0.820. The van der Waals surface area contributed by atoms with Crippen LogP contribution in [0, 0.1) is 11.7 Å². The van der Waals surface area contributed by atoms with Crippen LogP contribution in [0.1, 0.15) is 23.7 Å². The van der Waals surface area contributed by atoms with E-state index >= 15 is 0 Å². The molecule has 1 N–H and O–H groups in total. The maximum atomic E-state index is 13.8. The Kier molecular flexibility index (Phi) is 3.78. The normalized spacial score (nSPS) is 19.3. The number of aryl methyl sites for hydroxylation is 2. The van der Waals surface area contributed by atoms with Crippen molar-refractivity contribution in [1.82, 2.24) is 24.6 Å². The molecule has 1 fully saturated rings. The molecule has 6 nitrogen and oxygen atoms in total. The number of aromatic nitrogens is 4. The number of carbonyl (C=O) groups excluding carboxylic acids is 1. The van der Waals surface area contributed by atoms with Crippen LogP contribution in [0.3, 0.4) is 0 Å². The van der Waals surface area contributed by atoms with Crippen LogP contribution in [0.15, 0.2) is 30.6 Å². The third kappa shape index (κ3) is 2.90. The van der Waals surface area contributed by atoms with Crippen molar-refractivity contribution in [2.45, 2.75) is 18.8 Å². The summed E-state index contributed by atoms with van der Waals surface area (Å²) in [6.07, 6.45) is 5.23. The minimum Gasteiger partial charge on any atom is -0.355 e. The average Bonchev–Trinajstić information content (AvgIpc) is 3.18. The van der Waals surface area contributed by atoms with E-state index in [-0.39, 0.29) is 23.6 Å². The molecule has 1 aromatic carbocycles. The molecule has 2 atom stereocenters. The van der Waals surface area contributed by atoms with Gasteiger partial charge in [0.2, 0.25) is 5.91 Å². The van der Waals surface area contributed by atoms with Gasteiger partial charge in [-0.3, -0.25) is 9.48 Å². The van der Waals surface area contributed by atoms with Gasteiger partial charge in [-0.1, -0.05) is 6.07 Å².